The Balaban J connectivity index is 1.60. The topological polar surface area (TPSA) is 94.7 Å². The first-order valence-electron chi connectivity index (χ1n) is 10.6. The number of likely N-dealkylation sites (N-methyl/N-ethyl adjacent to an activating group) is 1. The van der Waals surface area contributed by atoms with Crippen molar-refractivity contribution in [2.24, 2.45) is 9.98 Å². The normalized spacial score (nSPS) is 19.7. The highest BCUT2D eigenvalue weighted by Gasteiger charge is 2.37. The lowest BCUT2D eigenvalue weighted by Crippen LogP contribution is -2.42. The fraction of sp³-hybridized carbons (Fsp3) is 0.261. The van der Waals surface area contributed by atoms with Crippen molar-refractivity contribution in [3.63, 3.8) is 0 Å². The van der Waals surface area contributed by atoms with Crippen LogP contribution < -0.4 is 4.90 Å². The third-order valence-electron chi connectivity index (χ3n) is 5.97. The molecule has 0 saturated carbocycles. The third kappa shape index (κ3) is 3.78. The van der Waals surface area contributed by atoms with E-state index >= 15 is 0 Å². The number of hydrogen-bond donors (Lipinski definition) is 0. The maximum Gasteiger partial charge on any atom is 0.284 e. The largest absolute Gasteiger partial charge is 0.373 e. The Bertz CT molecular complexity index is 1250. The van der Waals surface area contributed by atoms with Crippen molar-refractivity contribution < 1.29 is 14.1 Å². The van der Waals surface area contributed by atoms with Gasteiger partial charge in [-0.25, -0.2) is 9.38 Å². The van der Waals surface area contributed by atoms with Crippen molar-refractivity contribution in [1.82, 2.24) is 9.80 Å². The molecule has 9 nitrogen and oxygen atoms in total. The van der Waals surface area contributed by atoms with Crippen LogP contribution >= 0.6 is 0 Å². The van der Waals surface area contributed by atoms with Crippen LogP contribution in [0.4, 0.5) is 15.8 Å². The van der Waals surface area contributed by atoms with Crippen molar-refractivity contribution in [3.8, 4) is 0 Å². The number of hydrogen-bond acceptors (Lipinski definition) is 7. The predicted octanol–water partition coefficient (Wildman–Crippen LogP) is 2.42. The van der Waals surface area contributed by atoms with E-state index in [9.17, 15) is 19.3 Å². The third-order valence-corrected chi connectivity index (χ3v) is 5.97. The first-order valence-corrected chi connectivity index (χ1v) is 10.6. The minimum Gasteiger partial charge on any atom is -0.373 e. The number of nitro groups is 1. The summed E-state index contributed by atoms with van der Waals surface area (Å²) in [6.07, 6.45) is 1.77. The van der Waals surface area contributed by atoms with Gasteiger partial charge in [-0.1, -0.05) is 12.1 Å². The average Bonchev–Trinajstić information content (AvgIpc) is 3.01. The Morgan fingerprint density at radius 1 is 1.09 bits per heavy atom. The zero-order valence-corrected chi connectivity index (χ0v) is 17.9. The number of rotatable bonds is 3. The van der Waals surface area contributed by atoms with Crippen LogP contribution in [0.3, 0.4) is 0 Å². The van der Waals surface area contributed by atoms with Crippen LogP contribution in [-0.2, 0) is 4.79 Å². The fourth-order valence-corrected chi connectivity index (χ4v) is 4.17. The first kappa shape index (κ1) is 21.0. The maximum atomic E-state index is 14.6. The highest BCUT2D eigenvalue weighted by Crippen LogP contribution is 2.34. The van der Waals surface area contributed by atoms with Gasteiger partial charge in [-0.15, -0.1) is 0 Å². The van der Waals surface area contributed by atoms with E-state index < -0.39 is 10.7 Å². The molecule has 168 valence electrons. The zero-order chi connectivity index (χ0) is 23.1. The summed E-state index contributed by atoms with van der Waals surface area (Å²) in [5.41, 5.74) is 1.30. The summed E-state index contributed by atoms with van der Waals surface area (Å²) in [5.74, 6) is -0.425. The Morgan fingerprint density at radius 3 is 2.58 bits per heavy atom. The standard InChI is InChI=1S/C23H21FN6O3/c1-27-8-10-28(11-9-27)14-19-23(31)29-20-7-6-15(30(32)33)12-17(20)22(25-13-21(29)26-19)16-4-2-3-5-18(16)24/h2-7,12,14H,8-11,13H2,1H3/b19-14-. The molecule has 2 aromatic carbocycles. The molecule has 3 aliphatic rings. The van der Waals surface area contributed by atoms with Crippen LogP contribution in [-0.4, -0.2) is 71.9 Å². The maximum absolute atomic E-state index is 14.6. The molecule has 5 rings (SSSR count). The van der Waals surface area contributed by atoms with E-state index in [1.165, 1.54) is 29.2 Å². The number of piperazine rings is 1. The Labute approximate surface area is 189 Å². The minimum absolute atomic E-state index is 0.0396. The second-order valence-electron chi connectivity index (χ2n) is 8.13. The van der Waals surface area contributed by atoms with Crippen LogP contribution in [0.15, 0.2) is 64.3 Å². The van der Waals surface area contributed by atoms with Crippen LogP contribution in [0, 0.1) is 15.9 Å². The molecule has 0 spiro atoms. The number of amidine groups is 1. The molecule has 0 aliphatic carbocycles. The zero-order valence-electron chi connectivity index (χ0n) is 17.9. The van der Waals surface area contributed by atoms with E-state index in [0.29, 0.717) is 22.8 Å². The lowest BCUT2D eigenvalue weighted by Gasteiger charge is -2.31. The highest BCUT2D eigenvalue weighted by molar-refractivity contribution is 6.32. The summed E-state index contributed by atoms with van der Waals surface area (Å²) in [5, 5.41) is 11.4. The van der Waals surface area contributed by atoms with E-state index in [4.69, 9.17) is 0 Å². The van der Waals surface area contributed by atoms with Crippen molar-refractivity contribution in [3.05, 3.63) is 81.4 Å². The first-order chi connectivity index (χ1) is 15.9. The molecule has 1 fully saturated rings. The molecule has 3 heterocycles. The van der Waals surface area contributed by atoms with Gasteiger partial charge in [-0.05, 0) is 25.2 Å². The van der Waals surface area contributed by atoms with Gasteiger partial charge < -0.3 is 9.80 Å². The summed E-state index contributed by atoms with van der Waals surface area (Å²) in [6.45, 7) is 3.40. The highest BCUT2D eigenvalue weighted by atomic mass is 19.1. The Kier molecular flexibility index (Phi) is 5.21. The van der Waals surface area contributed by atoms with Gasteiger partial charge in [0.2, 0.25) is 0 Å². The summed E-state index contributed by atoms with van der Waals surface area (Å²) in [4.78, 5) is 39.1. The SMILES string of the molecule is CN1CCN(/C=C2\N=C3CN=C(c4ccccc4F)c4cc([N+](=O)[O-])ccc4N3C2=O)CC1. The van der Waals surface area contributed by atoms with E-state index in [0.717, 1.165) is 26.2 Å². The van der Waals surface area contributed by atoms with Gasteiger partial charge in [0.1, 0.15) is 17.3 Å². The molecule has 0 N–H and O–H groups in total. The number of anilines is 1. The van der Waals surface area contributed by atoms with E-state index in [-0.39, 0.29) is 29.4 Å². The summed E-state index contributed by atoms with van der Waals surface area (Å²) in [7, 11) is 2.05. The number of nitrogens with zero attached hydrogens (tertiary/aromatic N) is 6. The van der Waals surface area contributed by atoms with Gasteiger partial charge in [-0.2, -0.15) is 0 Å². The van der Waals surface area contributed by atoms with Crippen LogP contribution in [0.25, 0.3) is 0 Å². The van der Waals surface area contributed by atoms with Gasteiger partial charge in [0.05, 0.1) is 22.9 Å². The van der Waals surface area contributed by atoms with Crippen LogP contribution in [0.2, 0.25) is 0 Å². The average molecular weight is 448 g/mol. The molecule has 3 aliphatic heterocycles. The van der Waals surface area contributed by atoms with E-state index in [1.54, 1.807) is 24.4 Å². The molecule has 2 aromatic rings. The number of fused-ring (bicyclic) bond motifs is 3. The Morgan fingerprint density at radius 2 is 1.85 bits per heavy atom. The molecule has 0 atom stereocenters. The lowest BCUT2D eigenvalue weighted by atomic mass is 9.99. The molecule has 0 bridgehead atoms. The second-order valence-corrected chi connectivity index (χ2v) is 8.13. The van der Waals surface area contributed by atoms with Gasteiger partial charge in [0.25, 0.3) is 11.6 Å². The number of non-ortho nitro benzene ring substituents is 1. The van der Waals surface area contributed by atoms with Crippen molar-refractivity contribution in [2.45, 2.75) is 0 Å². The molecular weight excluding hydrogens is 427 g/mol. The monoisotopic (exact) mass is 448 g/mol. The second kappa shape index (κ2) is 8.21. The molecule has 0 aromatic heterocycles. The molecule has 1 saturated heterocycles. The van der Waals surface area contributed by atoms with Crippen LogP contribution in [0.1, 0.15) is 11.1 Å². The predicted molar refractivity (Wildman–Crippen MR) is 122 cm³/mol. The number of carbonyl (C=O) groups is 1. The molecule has 1 amide bonds. The number of halogens is 1. The number of aliphatic imine (C=N–C) groups is 2. The van der Waals surface area contributed by atoms with Crippen LogP contribution in [0.5, 0.6) is 0 Å². The van der Waals surface area contributed by atoms with Gasteiger partial charge in [0.15, 0.2) is 0 Å². The van der Waals surface area contributed by atoms with Crippen molar-refractivity contribution in [2.75, 3.05) is 44.7 Å². The summed E-state index contributed by atoms with van der Waals surface area (Å²) < 4.78 is 14.6. The van der Waals surface area contributed by atoms with Crippen molar-refractivity contribution in [1.29, 1.82) is 0 Å². The van der Waals surface area contributed by atoms with Gasteiger partial charge >= 0.3 is 0 Å². The molecule has 0 unspecified atom stereocenters. The van der Waals surface area contributed by atoms with E-state index in [1.807, 2.05) is 0 Å². The summed E-state index contributed by atoms with van der Waals surface area (Å²) >= 11 is 0. The molecular formula is C23H21FN6O3. The summed E-state index contributed by atoms with van der Waals surface area (Å²) in [6, 6.07) is 10.3. The van der Waals surface area contributed by atoms with Gasteiger partial charge in [0, 0.05) is 55.6 Å². The fourth-order valence-electron chi connectivity index (χ4n) is 4.17. The lowest BCUT2D eigenvalue weighted by molar-refractivity contribution is -0.384. The van der Waals surface area contributed by atoms with Gasteiger partial charge in [-0.3, -0.25) is 24.8 Å². The smallest absolute Gasteiger partial charge is 0.284 e. The Hall–Kier alpha value is -3.92. The number of nitro benzene ring substituents is 1. The number of carbonyl (C=O) groups excluding carboxylic acids is 1. The quantitative estimate of drug-likeness (QED) is 0.408. The van der Waals surface area contributed by atoms with Crippen molar-refractivity contribution >= 4 is 28.8 Å². The molecule has 10 heteroatoms. The molecule has 33 heavy (non-hydrogen) atoms. The minimum atomic E-state index is -0.524. The number of amides is 1. The number of benzene rings is 2. The molecule has 0 radical (unpaired) electrons. The van der Waals surface area contributed by atoms with E-state index in [2.05, 4.69) is 26.8 Å².